The van der Waals surface area contributed by atoms with Crippen molar-refractivity contribution in [1.29, 1.82) is 0 Å². The number of halogens is 1. The average molecular weight is 229 g/mol. The van der Waals surface area contributed by atoms with E-state index in [0.29, 0.717) is 24.1 Å². The van der Waals surface area contributed by atoms with Crippen LogP contribution in [-0.2, 0) is 13.1 Å². The molecule has 0 saturated carbocycles. The predicted octanol–water partition coefficient (Wildman–Crippen LogP) is 0.634. The van der Waals surface area contributed by atoms with Crippen LogP contribution in [0.3, 0.4) is 0 Å². The van der Waals surface area contributed by atoms with Crippen LogP contribution in [0.2, 0.25) is 5.22 Å². The van der Waals surface area contributed by atoms with Crippen molar-refractivity contribution >= 4 is 11.6 Å². The number of nitrogens with zero attached hydrogens (tertiary/aromatic N) is 1. The van der Waals surface area contributed by atoms with E-state index in [1.807, 2.05) is 0 Å². The molecule has 2 aromatic heterocycles. The lowest BCUT2D eigenvalue weighted by Crippen LogP contribution is -2.13. The van der Waals surface area contributed by atoms with Crippen LogP contribution >= 0.6 is 11.6 Å². The molecule has 0 saturated heterocycles. The zero-order valence-corrected chi connectivity index (χ0v) is 8.47. The van der Waals surface area contributed by atoms with Crippen molar-refractivity contribution in [3.63, 3.8) is 0 Å². The number of nitrogens with one attached hydrogen (secondary N) is 3. The van der Waals surface area contributed by atoms with E-state index in [2.05, 4.69) is 20.5 Å². The molecule has 0 aliphatic heterocycles. The second kappa shape index (κ2) is 4.33. The number of hydrogen-bond donors (Lipinski definition) is 3. The van der Waals surface area contributed by atoms with Crippen molar-refractivity contribution in [2.75, 3.05) is 0 Å². The van der Waals surface area contributed by atoms with Crippen LogP contribution < -0.4 is 11.0 Å². The fourth-order valence-electron chi connectivity index (χ4n) is 1.14. The molecular weight excluding hydrogens is 220 g/mol. The quantitative estimate of drug-likeness (QED) is 0.717. The Labute approximate surface area is 89.6 Å². The first kappa shape index (κ1) is 10.0. The Kier molecular flexibility index (Phi) is 2.89. The highest BCUT2D eigenvalue weighted by Gasteiger charge is 2.00. The number of rotatable bonds is 4. The summed E-state index contributed by atoms with van der Waals surface area (Å²) in [7, 11) is 0. The van der Waals surface area contributed by atoms with Gasteiger partial charge in [0.1, 0.15) is 11.6 Å². The van der Waals surface area contributed by atoms with E-state index in [1.165, 1.54) is 0 Å². The Morgan fingerprint density at radius 1 is 1.47 bits per heavy atom. The highest BCUT2D eigenvalue weighted by Crippen LogP contribution is 2.12. The maximum absolute atomic E-state index is 10.7. The average Bonchev–Trinajstić information content (AvgIpc) is 2.76. The maximum atomic E-state index is 10.7. The van der Waals surface area contributed by atoms with Crippen LogP contribution in [0.1, 0.15) is 11.6 Å². The summed E-state index contributed by atoms with van der Waals surface area (Å²) in [6.45, 7) is 0.985. The molecule has 0 unspecified atom stereocenters. The van der Waals surface area contributed by atoms with Crippen LogP contribution in [0.25, 0.3) is 0 Å². The lowest BCUT2D eigenvalue weighted by Gasteiger charge is -1.98. The molecule has 0 spiro atoms. The SMILES string of the molecule is O=c1[nH]nc(CNCc2ccc(Cl)o2)[nH]1. The third kappa shape index (κ3) is 2.71. The maximum Gasteiger partial charge on any atom is 0.340 e. The summed E-state index contributed by atoms with van der Waals surface area (Å²) in [4.78, 5) is 13.2. The summed E-state index contributed by atoms with van der Waals surface area (Å²) in [5, 5.41) is 9.42. The van der Waals surface area contributed by atoms with Crippen molar-refractivity contribution < 1.29 is 4.42 Å². The third-order valence-electron chi connectivity index (χ3n) is 1.77. The monoisotopic (exact) mass is 228 g/mol. The van der Waals surface area contributed by atoms with Gasteiger partial charge in [0.05, 0.1) is 13.1 Å². The molecule has 0 aliphatic rings. The van der Waals surface area contributed by atoms with Crippen molar-refractivity contribution in [3.8, 4) is 0 Å². The highest BCUT2D eigenvalue weighted by atomic mass is 35.5. The van der Waals surface area contributed by atoms with Crippen LogP contribution in [0.15, 0.2) is 21.3 Å². The van der Waals surface area contributed by atoms with Gasteiger partial charge in [0, 0.05) is 0 Å². The van der Waals surface area contributed by atoms with E-state index in [9.17, 15) is 4.79 Å². The summed E-state index contributed by atoms with van der Waals surface area (Å²) in [6, 6.07) is 3.46. The predicted molar refractivity (Wildman–Crippen MR) is 53.5 cm³/mol. The molecule has 2 rings (SSSR count). The van der Waals surface area contributed by atoms with Gasteiger partial charge in [0.15, 0.2) is 5.22 Å². The van der Waals surface area contributed by atoms with Gasteiger partial charge in [-0.15, -0.1) is 0 Å². The van der Waals surface area contributed by atoms with Gasteiger partial charge in [0.2, 0.25) is 0 Å². The molecule has 0 radical (unpaired) electrons. The van der Waals surface area contributed by atoms with Gasteiger partial charge in [-0.25, -0.2) is 9.89 Å². The molecular formula is C8H9ClN4O2. The topological polar surface area (TPSA) is 86.7 Å². The molecule has 0 amide bonds. The Bertz CT molecular complexity index is 487. The Balaban J connectivity index is 1.82. The molecule has 80 valence electrons. The standard InChI is InChI=1S/C8H9ClN4O2/c9-6-2-1-5(15-6)3-10-4-7-11-8(14)13-12-7/h1-2,10H,3-4H2,(H2,11,12,13,14). The largest absolute Gasteiger partial charge is 0.448 e. The molecule has 2 aromatic rings. The van der Waals surface area contributed by atoms with E-state index in [4.69, 9.17) is 16.0 Å². The van der Waals surface area contributed by atoms with Crippen molar-refractivity contribution in [1.82, 2.24) is 20.5 Å². The zero-order chi connectivity index (χ0) is 10.7. The number of aromatic nitrogens is 3. The number of furan rings is 1. The lowest BCUT2D eigenvalue weighted by molar-refractivity contribution is 0.482. The number of hydrogen-bond acceptors (Lipinski definition) is 4. The van der Waals surface area contributed by atoms with E-state index >= 15 is 0 Å². The molecule has 0 bridgehead atoms. The highest BCUT2D eigenvalue weighted by molar-refractivity contribution is 6.28. The van der Waals surface area contributed by atoms with E-state index < -0.39 is 0 Å². The van der Waals surface area contributed by atoms with Crippen LogP contribution in [-0.4, -0.2) is 15.2 Å². The van der Waals surface area contributed by atoms with Crippen LogP contribution in [0, 0.1) is 0 Å². The summed E-state index contributed by atoms with van der Waals surface area (Å²) < 4.78 is 5.13. The molecule has 7 heteroatoms. The van der Waals surface area contributed by atoms with Gasteiger partial charge in [-0.05, 0) is 23.7 Å². The first-order valence-electron chi connectivity index (χ1n) is 4.32. The summed E-state index contributed by atoms with van der Waals surface area (Å²) in [6.07, 6.45) is 0. The summed E-state index contributed by atoms with van der Waals surface area (Å²) in [5.74, 6) is 1.29. The van der Waals surface area contributed by atoms with Crippen molar-refractivity contribution in [3.05, 3.63) is 39.4 Å². The van der Waals surface area contributed by atoms with Crippen molar-refractivity contribution in [2.24, 2.45) is 0 Å². The lowest BCUT2D eigenvalue weighted by atomic mass is 10.4. The van der Waals surface area contributed by atoms with E-state index in [-0.39, 0.29) is 5.69 Å². The second-order valence-corrected chi connectivity index (χ2v) is 3.31. The molecule has 2 heterocycles. The Morgan fingerprint density at radius 2 is 2.33 bits per heavy atom. The minimum atomic E-state index is -0.312. The molecule has 6 nitrogen and oxygen atoms in total. The van der Waals surface area contributed by atoms with Gasteiger partial charge >= 0.3 is 5.69 Å². The smallest absolute Gasteiger partial charge is 0.340 e. The zero-order valence-electron chi connectivity index (χ0n) is 7.71. The van der Waals surface area contributed by atoms with Crippen LogP contribution in [0.4, 0.5) is 0 Å². The normalized spacial score (nSPS) is 10.7. The minimum Gasteiger partial charge on any atom is -0.448 e. The van der Waals surface area contributed by atoms with Gasteiger partial charge in [-0.3, -0.25) is 4.98 Å². The minimum absolute atomic E-state index is 0.312. The molecule has 0 aliphatic carbocycles. The fourth-order valence-corrected chi connectivity index (χ4v) is 1.30. The summed E-state index contributed by atoms with van der Waals surface area (Å²) in [5.41, 5.74) is -0.312. The van der Waals surface area contributed by atoms with Gasteiger partial charge in [-0.1, -0.05) is 0 Å². The van der Waals surface area contributed by atoms with E-state index in [1.54, 1.807) is 12.1 Å². The second-order valence-electron chi connectivity index (χ2n) is 2.93. The Morgan fingerprint density at radius 3 is 2.93 bits per heavy atom. The fraction of sp³-hybridized carbons (Fsp3) is 0.250. The molecule has 0 atom stereocenters. The number of H-pyrrole nitrogens is 2. The van der Waals surface area contributed by atoms with Gasteiger partial charge in [-0.2, -0.15) is 5.10 Å². The molecule has 0 fully saturated rings. The first-order chi connectivity index (χ1) is 7.24. The van der Waals surface area contributed by atoms with Gasteiger partial charge < -0.3 is 9.73 Å². The summed E-state index contributed by atoms with van der Waals surface area (Å²) >= 11 is 5.60. The van der Waals surface area contributed by atoms with Gasteiger partial charge in [0.25, 0.3) is 0 Å². The van der Waals surface area contributed by atoms with Crippen LogP contribution in [0.5, 0.6) is 0 Å². The molecule has 3 N–H and O–H groups in total. The third-order valence-corrected chi connectivity index (χ3v) is 1.97. The van der Waals surface area contributed by atoms with Crippen molar-refractivity contribution in [2.45, 2.75) is 13.1 Å². The molecule has 0 aromatic carbocycles. The first-order valence-corrected chi connectivity index (χ1v) is 4.70. The number of aromatic amines is 2. The molecule has 15 heavy (non-hydrogen) atoms. The van der Waals surface area contributed by atoms with E-state index in [0.717, 1.165) is 5.76 Å². The Hall–Kier alpha value is -1.53.